The van der Waals surface area contributed by atoms with Crippen molar-refractivity contribution in [3.8, 4) is 0 Å². The fourth-order valence-corrected chi connectivity index (χ4v) is 6.42. The van der Waals surface area contributed by atoms with Crippen molar-refractivity contribution in [1.29, 1.82) is 5.41 Å². The van der Waals surface area contributed by atoms with Crippen molar-refractivity contribution in [2.45, 2.75) is 116 Å². The van der Waals surface area contributed by atoms with E-state index in [2.05, 4.69) is 10.3 Å². The number of amidine groups is 2. The predicted octanol–water partition coefficient (Wildman–Crippen LogP) is 7.50. The number of halogens is 1. The van der Waals surface area contributed by atoms with Crippen molar-refractivity contribution in [2.24, 2.45) is 27.9 Å². The number of nitrogens with two attached hydrogens (primary N) is 4. The van der Waals surface area contributed by atoms with E-state index in [9.17, 15) is 28.8 Å². The maximum atomic E-state index is 12.3. The predicted molar refractivity (Wildman–Crippen MR) is 289 cm³/mol. The topological polar surface area (TPSA) is 312 Å². The Morgan fingerprint density at radius 1 is 0.640 bits per heavy atom. The van der Waals surface area contributed by atoms with E-state index in [1.54, 1.807) is 52.0 Å². The number of hydrogen-bond acceptors (Lipinski definition) is 13. The molecule has 0 aromatic heterocycles. The summed E-state index contributed by atoms with van der Waals surface area (Å²) in [4.78, 5) is 74.7. The molecular weight excluding hydrogens is 982 g/mol. The standard InChI is InChI=1S/C22H27N3O3.C18H25NO6.C16H17N3O2.ClH/c1-15(20(26)14-10-17-7-11-18(12-8-17)21(24)25)28-22(27)19(23)13-9-16-5-3-2-4-6-16;1-12(15(20)21)24-16(22)14(19-17(23)25-18(2,3)4)11-10-13-8-6-5-7-9-13;17-10-12-6-8-14(9-7-12)15(18)19-16(20)21-11-13-4-2-1-3-5-13;/h2-8,11-12,15,19H,9-10,13-14,23H2,1H3,(H3,24,25);5-9,12,14H,10-11H2,1-4H3,(H,19,23)(H,20,21);1-9H,10-11,17H2,(H2,18,19,20);1H/t15-,19+;12-,14+;;/m00../s1. The number of carbonyl (C=O) groups excluding carboxylic acids is 5. The molecule has 5 aromatic rings. The minimum absolute atomic E-state index is 0. The number of nitrogen functional groups attached to an aromatic ring is 1. The molecule has 0 saturated heterocycles. The van der Waals surface area contributed by atoms with Crippen LogP contribution in [0.15, 0.2) is 145 Å². The molecule has 4 atom stereocenters. The molecule has 2 amide bonds. The summed E-state index contributed by atoms with van der Waals surface area (Å²) in [6.45, 7) is 8.56. The quantitative estimate of drug-likeness (QED) is 0.0162. The van der Waals surface area contributed by atoms with Gasteiger partial charge in [0.25, 0.3) is 0 Å². The molecule has 0 aliphatic rings. The molecule has 11 N–H and O–H groups in total. The smallest absolute Gasteiger partial charge is 0.435 e. The largest absolute Gasteiger partial charge is 0.479 e. The Bertz CT molecular complexity index is 2600. The Hall–Kier alpha value is -7.93. The highest BCUT2D eigenvalue weighted by Gasteiger charge is 2.28. The number of Topliss-reactive ketones (excluding diaryl/α,β-unsaturated/α-hetero) is 1. The van der Waals surface area contributed by atoms with Crippen LogP contribution in [-0.2, 0) is 70.5 Å². The summed E-state index contributed by atoms with van der Waals surface area (Å²) in [5.41, 5.74) is 28.1. The van der Waals surface area contributed by atoms with Gasteiger partial charge in [-0.1, -0.05) is 140 Å². The molecule has 0 radical (unpaired) electrons. The Balaban J connectivity index is 0.000000386. The van der Waals surface area contributed by atoms with Crippen LogP contribution in [-0.4, -0.2) is 82.5 Å². The van der Waals surface area contributed by atoms with Gasteiger partial charge in [0.15, 0.2) is 18.0 Å². The molecule has 402 valence electrons. The number of benzene rings is 5. The molecule has 0 heterocycles. The van der Waals surface area contributed by atoms with Gasteiger partial charge in [-0.15, -0.1) is 12.4 Å². The first kappa shape index (κ1) is 63.2. The van der Waals surface area contributed by atoms with Gasteiger partial charge in [-0.05, 0) is 94.5 Å². The molecule has 0 spiro atoms. The second-order valence-electron chi connectivity index (χ2n) is 17.9. The van der Waals surface area contributed by atoms with Crippen molar-refractivity contribution in [3.05, 3.63) is 178 Å². The number of hydrogen-bond donors (Lipinski definition) is 7. The van der Waals surface area contributed by atoms with Crippen LogP contribution >= 0.6 is 12.4 Å². The summed E-state index contributed by atoms with van der Waals surface area (Å²) < 4.78 is 20.3. The number of carboxylic acids is 1. The molecule has 0 bridgehead atoms. The van der Waals surface area contributed by atoms with Gasteiger partial charge in [0.2, 0.25) is 0 Å². The van der Waals surface area contributed by atoms with Gasteiger partial charge in [-0.3, -0.25) is 15.0 Å². The Morgan fingerprint density at radius 3 is 1.60 bits per heavy atom. The Morgan fingerprint density at radius 2 is 1.11 bits per heavy atom. The fraction of sp³-hybridized carbons (Fsp3) is 0.321. The number of ketones is 1. The third kappa shape index (κ3) is 25.5. The van der Waals surface area contributed by atoms with Crippen molar-refractivity contribution < 1.29 is 52.8 Å². The maximum absolute atomic E-state index is 12.3. The van der Waals surface area contributed by atoms with Crippen LogP contribution in [0, 0.1) is 5.41 Å². The lowest BCUT2D eigenvalue weighted by Crippen LogP contribution is -2.45. The highest BCUT2D eigenvalue weighted by atomic mass is 35.5. The summed E-state index contributed by atoms with van der Waals surface area (Å²) in [7, 11) is 0. The average Bonchev–Trinajstić information content (AvgIpc) is 3.38. The number of carbonyl (C=O) groups is 6. The highest BCUT2D eigenvalue weighted by molar-refractivity contribution is 6.02. The van der Waals surface area contributed by atoms with E-state index in [1.807, 2.05) is 115 Å². The van der Waals surface area contributed by atoms with E-state index in [-0.39, 0.29) is 49.3 Å². The normalized spacial score (nSPS) is 12.4. The second kappa shape index (κ2) is 33.0. The molecule has 75 heavy (non-hydrogen) atoms. The molecule has 0 aliphatic carbocycles. The van der Waals surface area contributed by atoms with Gasteiger partial charge in [0.05, 0.1) is 0 Å². The first-order valence-corrected chi connectivity index (χ1v) is 23.9. The zero-order chi connectivity index (χ0) is 54.6. The number of aryl methyl sites for hydroxylation is 3. The van der Waals surface area contributed by atoms with E-state index in [0.717, 1.165) is 27.8 Å². The zero-order valence-electron chi connectivity index (χ0n) is 42.9. The highest BCUT2D eigenvalue weighted by Crippen LogP contribution is 2.13. The van der Waals surface area contributed by atoms with Crippen molar-refractivity contribution in [2.75, 3.05) is 0 Å². The van der Waals surface area contributed by atoms with E-state index in [0.29, 0.717) is 43.4 Å². The number of aliphatic carboxylic acids is 1. The van der Waals surface area contributed by atoms with Crippen LogP contribution in [0.25, 0.3) is 0 Å². The van der Waals surface area contributed by atoms with E-state index in [4.69, 9.17) is 52.4 Å². The van der Waals surface area contributed by atoms with Crippen LogP contribution in [0.2, 0.25) is 0 Å². The molecular formula is C56H70ClN7O11. The minimum atomic E-state index is -1.30. The number of alkyl carbamates (subject to hydrolysis) is 1. The van der Waals surface area contributed by atoms with E-state index in [1.165, 1.54) is 6.92 Å². The number of aliphatic imine (C=N–C) groups is 1. The maximum Gasteiger partial charge on any atom is 0.435 e. The second-order valence-corrected chi connectivity index (χ2v) is 17.9. The SMILES string of the molecule is C[C@H](OC(=O)[C@@H](CCc1ccccc1)NC(=O)OC(C)(C)C)C(=O)O.C[C@H](OC(=O)[C@H](N)CCc1ccccc1)C(=O)CCc1ccc(C(=N)N)cc1.Cl.NCc1ccc(C(N)=NC(=O)OCc2ccccc2)cc1. The summed E-state index contributed by atoms with van der Waals surface area (Å²) in [6, 6.07) is 41.2. The molecule has 0 unspecified atom stereocenters. The lowest BCUT2D eigenvalue weighted by atomic mass is 10.0. The number of rotatable bonds is 21. The average molecular weight is 1050 g/mol. The molecule has 0 saturated carbocycles. The summed E-state index contributed by atoms with van der Waals surface area (Å²) >= 11 is 0. The number of esters is 2. The number of carboxylic acid groups (broad SMARTS) is 1. The van der Waals surface area contributed by atoms with Crippen LogP contribution in [0.5, 0.6) is 0 Å². The van der Waals surface area contributed by atoms with Crippen LogP contribution < -0.4 is 28.3 Å². The van der Waals surface area contributed by atoms with E-state index >= 15 is 0 Å². The summed E-state index contributed by atoms with van der Waals surface area (Å²) in [6.07, 6.45) is -0.899. The molecule has 19 heteroatoms. The summed E-state index contributed by atoms with van der Waals surface area (Å²) in [5, 5.41) is 18.7. The zero-order valence-corrected chi connectivity index (χ0v) is 43.8. The van der Waals surface area contributed by atoms with Crippen molar-refractivity contribution >= 4 is 60.0 Å². The third-order valence-electron chi connectivity index (χ3n) is 10.6. The van der Waals surface area contributed by atoms with Crippen molar-refractivity contribution in [3.63, 3.8) is 0 Å². The minimum Gasteiger partial charge on any atom is -0.479 e. The number of ether oxygens (including phenoxy) is 4. The van der Waals surface area contributed by atoms with E-state index < -0.39 is 60.0 Å². The van der Waals surface area contributed by atoms with Gasteiger partial charge in [-0.25, -0.2) is 19.2 Å². The van der Waals surface area contributed by atoms with Gasteiger partial charge >= 0.3 is 30.1 Å². The first-order valence-electron chi connectivity index (χ1n) is 23.9. The lowest BCUT2D eigenvalue weighted by molar-refractivity contribution is -0.164. The fourth-order valence-electron chi connectivity index (χ4n) is 6.42. The Kier molecular flexibility index (Phi) is 27.8. The van der Waals surface area contributed by atoms with Gasteiger partial charge in [0, 0.05) is 24.1 Å². The van der Waals surface area contributed by atoms with Crippen LogP contribution in [0.3, 0.4) is 0 Å². The number of nitrogens with zero attached hydrogens (tertiary/aromatic N) is 1. The molecule has 0 aliphatic heterocycles. The van der Waals surface area contributed by atoms with Crippen molar-refractivity contribution in [1.82, 2.24) is 5.32 Å². The van der Waals surface area contributed by atoms with Gasteiger partial charge < -0.3 is 52.3 Å². The van der Waals surface area contributed by atoms with Gasteiger partial charge in [0.1, 0.15) is 36.0 Å². The lowest BCUT2D eigenvalue weighted by Gasteiger charge is -2.23. The monoisotopic (exact) mass is 1050 g/mol. The Labute approximate surface area is 444 Å². The third-order valence-corrected chi connectivity index (χ3v) is 10.6. The molecule has 5 rings (SSSR count). The molecule has 18 nitrogen and oxygen atoms in total. The first-order chi connectivity index (χ1) is 35.1. The molecule has 5 aromatic carbocycles. The van der Waals surface area contributed by atoms with Crippen LogP contribution in [0.4, 0.5) is 9.59 Å². The number of nitrogens with one attached hydrogen (secondary N) is 2. The number of amides is 2. The molecule has 0 fully saturated rings. The van der Waals surface area contributed by atoms with Gasteiger partial charge in [-0.2, -0.15) is 4.99 Å². The summed E-state index contributed by atoms with van der Waals surface area (Å²) in [5.74, 6) is -2.64. The van der Waals surface area contributed by atoms with Crippen LogP contribution in [0.1, 0.15) is 92.8 Å².